The second-order valence-corrected chi connectivity index (χ2v) is 5.88. The molecule has 0 radical (unpaired) electrons. The van der Waals surface area contributed by atoms with Gasteiger partial charge in [-0.3, -0.25) is 9.59 Å². The van der Waals surface area contributed by atoms with E-state index in [-0.39, 0.29) is 18.2 Å². The summed E-state index contributed by atoms with van der Waals surface area (Å²) in [5.41, 5.74) is 4.03. The molecule has 120 valence electrons. The van der Waals surface area contributed by atoms with Crippen LogP contribution in [0.1, 0.15) is 28.4 Å². The first kappa shape index (κ1) is 17.0. The van der Waals surface area contributed by atoms with Crippen LogP contribution in [0.4, 0.5) is 11.4 Å². The number of nitrogens with one attached hydrogen (secondary N) is 2. The molecule has 0 fully saturated rings. The Bertz CT molecular complexity index is 716. The molecule has 0 aromatic heterocycles. The Morgan fingerprint density at radius 3 is 2.30 bits per heavy atom. The molecule has 2 aromatic rings. The summed E-state index contributed by atoms with van der Waals surface area (Å²) in [7, 11) is 0. The SMILES string of the molecule is CC(=O)c1ccc(NCC(=O)Nc2c(C)cc(C)cc2Cl)cc1. The van der Waals surface area contributed by atoms with Crippen molar-refractivity contribution in [3.8, 4) is 0 Å². The predicted molar refractivity (Wildman–Crippen MR) is 94.5 cm³/mol. The van der Waals surface area contributed by atoms with E-state index < -0.39 is 0 Å². The average molecular weight is 331 g/mol. The van der Waals surface area contributed by atoms with E-state index in [1.165, 1.54) is 6.92 Å². The van der Waals surface area contributed by atoms with Gasteiger partial charge in [0.1, 0.15) is 0 Å². The van der Waals surface area contributed by atoms with E-state index >= 15 is 0 Å². The van der Waals surface area contributed by atoms with Crippen LogP contribution >= 0.6 is 11.6 Å². The summed E-state index contributed by atoms with van der Waals surface area (Å²) >= 11 is 6.18. The number of carbonyl (C=O) groups is 2. The minimum Gasteiger partial charge on any atom is -0.376 e. The zero-order chi connectivity index (χ0) is 17.0. The molecular formula is C18H19ClN2O2. The van der Waals surface area contributed by atoms with E-state index in [9.17, 15) is 9.59 Å². The van der Waals surface area contributed by atoms with Gasteiger partial charge in [-0.2, -0.15) is 0 Å². The maximum atomic E-state index is 12.1. The summed E-state index contributed by atoms with van der Waals surface area (Å²) in [6.07, 6.45) is 0. The number of ketones is 1. The van der Waals surface area contributed by atoms with E-state index in [0.29, 0.717) is 16.3 Å². The molecule has 4 nitrogen and oxygen atoms in total. The van der Waals surface area contributed by atoms with Crippen molar-refractivity contribution >= 4 is 34.7 Å². The number of hydrogen-bond acceptors (Lipinski definition) is 3. The highest BCUT2D eigenvalue weighted by molar-refractivity contribution is 6.34. The second kappa shape index (κ2) is 7.29. The fourth-order valence-electron chi connectivity index (χ4n) is 2.26. The Labute approximate surface area is 140 Å². The van der Waals surface area contributed by atoms with Gasteiger partial charge < -0.3 is 10.6 Å². The largest absolute Gasteiger partial charge is 0.376 e. The van der Waals surface area contributed by atoms with Gasteiger partial charge in [-0.15, -0.1) is 0 Å². The highest BCUT2D eigenvalue weighted by Crippen LogP contribution is 2.27. The molecule has 0 unspecified atom stereocenters. The lowest BCUT2D eigenvalue weighted by Gasteiger charge is -2.12. The predicted octanol–water partition coefficient (Wildman–Crippen LogP) is 4.21. The topological polar surface area (TPSA) is 58.2 Å². The van der Waals surface area contributed by atoms with Gasteiger partial charge in [-0.25, -0.2) is 0 Å². The van der Waals surface area contributed by atoms with Crippen LogP contribution in [0.5, 0.6) is 0 Å². The third-order valence-corrected chi connectivity index (χ3v) is 3.74. The number of carbonyl (C=O) groups excluding carboxylic acids is 2. The van der Waals surface area contributed by atoms with Gasteiger partial charge in [0.05, 0.1) is 17.3 Å². The Kier molecular flexibility index (Phi) is 5.40. The molecule has 0 saturated heterocycles. The zero-order valence-corrected chi connectivity index (χ0v) is 14.1. The molecule has 2 aromatic carbocycles. The number of Topliss-reactive ketones (excluding diaryl/α,β-unsaturated/α-hetero) is 1. The summed E-state index contributed by atoms with van der Waals surface area (Å²) in [5.74, 6) is -0.173. The summed E-state index contributed by atoms with van der Waals surface area (Å²) in [5, 5.41) is 6.36. The number of benzene rings is 2. The molecule has 2 N–H and O–H groups in total. The van der Waals surface area contributed by atoms with E-state index in [4.69, 9.17) is 11.6 Å². The van der Waals surface area contributed by atoms with Crippen LogP contribution in [0.2, 0.25) is 5.02 Å². The monoisotopic (exact) mass is 330 g/mol. The lowest BCUT2D eigenvalue weighted by atomic mass is 10.1. The van der Waals surface area contributed by atoms with Gasteiger partial charge >= 0.3 is 0 Å². The van der Waals surface area contributed by atoms with Crippen molar-refractivity contribution in [3.63, 3.8) is 0 Å². The molecule has 0 spiro atoms. The third-order valence-electron chi connectivity index (χ3n) is 3.44. The summed E-state index contributed by atoms with van der Waals surface area (Å²) in [4.78, 5) is 23.3. The molecule has 23 heavy (non-hydrogen) atoms. The minimum atomic E-state index is -0.186. The van der Waals surface area contributed by atoms with Crippen molar-refractivity contribution in [2.24, 2.45) is 0 Å². The summed E-state index contributed by atoms with van der Waals surface area (Å²) < 4.78 is 0. The molecule has 0 bridgehead atoms. The number of aryl methyl sites for hydroxylation is 2. The molecule has 1 amide bonds. The fraction of sp³-hybridized carbons (Fsp3) is 0.222. The quantitative estimate of drug-likeness (QED) is 0.807. The number of amides is 1. The summed E-state index contributed by atoms with van der Waals surface area (Å²) in [6, 6.07) is 10.8. The smallest absolute Gasteiger partial charge is 0.243 e. The number of anilines is 2. The van der Waals surface area contributed by atoms with Gasteiger partial charge in [0.15, 0.2) is 5.78 Å². The first-order valence-electron chi connectivity index (χ1n) is 7.28. The van der Waals surface area contributed by atoms with Gasteiger partial charge in [0.2, 0.25) is 5.91 Å². The van der Waals surface area contributed by atoms with Crippen LogP contribution in [-0.2, 0) is 4.79 Å². The lowest BCUT2D eigenvalue weighted by molar-refractivity contribution is -0.114. The average Bonchev–Trinajstić information content (AvgIpc) is 2.49. The Morgan fingerprint density at radius 2 is 1.74 bits per heavy atom. The van der Waals surface area contributed by atoms with Crippen molar-refractivity contribution < 1.29 is 9.59 Å². The molecule has 0 atom stereocenters. The Hall–Kier alpha value is -2.33. The van der Waals surface area contributed by atoms with E-state index in [1.54, 1.807) is 24.3 Å². The highest BCUT2D eigenvalue weighted by atomic mass is 35.5. The van der Waals surface area contributed by atoms with E-state index in [1.807, 2.05) is 26.0 Å². The number of halogens is 1. The van der Waals surface area contributed by atoms with Gasteiger partial charge in [0.25, 0.3) is 0 Å². The molecular weight excluding hydrogens is 312 g/mol. The lowest BCUT2D eigenvalue weighted by Crippen LogP contribution is -2.22. The zero-order valence-electron chi connectivity index (χ0n) is 13.4. The maximum absolute atomic E-state index is 12.1. The first-order valence-corrected chi connectivity index (χ1v) is 7.66. The molecule has 5 heteroatoms. The van der Waals surface area contributed by atoms with Crippen LogP contribution in [0, 0.1) is 13.8 Å². The van der Waals surface area contributed by atoms with Gasteiger partial charge in [-0.1, -0.05) is 17.7 Å². The van der Waals surface area contributed by atoms with Crippen molar-refractivity contribution in [3.05, 3.63) is 58.1 Å². The molecule has 0 aliphatic carbocycles. The molecule has 0 aliphatic rings. The number of rotatable bonds is 5. The van der Waals surface area contributed by atoms with Crippen LogP contribution in [-0.4, -0.2) is 18.2 Å². The van der Waals surface area contributed by atoms with Crippen LogP contribution in [0.25, 0.3) is 0 Å². The first-order chi connectivity index (χ1) is 10.9. The third kappa shape index (κ3) is 4.57. The molecule has 0 saturated carbocycles. The van der Waals surface area contributed by atoms with Gasteiger partial charge in [0, 0.05) is 11.3 Å². The normalized spacial score (nSPS) is 10.3. The Morgan fingerprint density at radius 1 is 1.09 bits per heavy atom. The van der Waals surface area contributed by atoms with E-state index in [0.717, 1.165) is 16.8 Å². The van der Waals surface area contributed by atoms with Crippen LogP contribution < -0.4 is 10.6 Å². The van der Waals surface area contributed by atoms with Crippen molar-refractivity contribution in [2.45, 2.75) is 20.8 Å². The molecule has 0 aliphatic heterocycles. The Balaban J connectivity index is 1.96. The molecule has 0 heterocycles. The van der Waals surface area contributed by atoms with Gasteiger partial charge in [-0.05, 0) is 62.2 Å². The summed E-state index contributed by atoms with van der Waals surface area (Å²) in [6.45, 7) is 5.49. The minimum absolute atomic E-state index is 0.0128. The standard InChI is InChI=1S/C18H19ClN2O2/c1-11-8-12(2)18(16(19)9-11)21-17(23)10-20-15-6-4-14(5-7-15)13(3)22/h4-9,20H,10H2,1-3H3,(H,21,23). The highest BCUT2D eigenvalue weighted by Gasteiger charge is 2.09. The second-order valence-electron chi connectivity index (χ2n) is 5.47. The van der Waals surface area contributed by atoms with Crippen molar-refractivity contribution in [1.82, 2.24) is 0 Å². The fourth-order valence-corrected chi connectivity index (χ4v) is 2.63. The van der Waals surface area contributed by atoms with Crippen molar-refractivity contribution in [1.29, 1.82) is 0 Å². The molecule has 2 rings (SSSR count). The van der Waals surface area contributed by atoms with E-state index in [2.05, 4.69) is 10.6 Å². The number of hydrogen-bond donors (Lipinski definition) is 2. The van der Waals surface area contributed by atoms with Crippen LogP contribution in [0.15, 0.2) is 36.4 Å². The van der Waals surface area contributed by atoms with Crippen molar-refractivity contribution in [2.75, 3.05) is 17.2 Å². The maximum Gasteiger partial charge on any atom is 0.243 e. The van der Waals surface area contributed by atoms with Crippen LogP contribution in [0.3, 0.4) is 0 Å².